The van der Waals surface area contributed by atoms with Crippen LogP contribution in [0, 0.1) is 52.3 Å². The molecule has 0 aromatic heterocycles. The van der Waals surface area contributed by atoms with Crippen LogP contribution in [0.2, 0.25) is 0 Å². The molecule has 6 aliphatic rings. The lowest BCUT2D eigenvalue weighted by atomic mass is 9.62. The van der Waals surface area contributed by atoms with Crippen LogP contribution in [0.5, 0.6) is 0 Å². The van der Waals surface area contributed by atoms with Gasteiger partial charge in [0.1, 0.15) is 0 Å². The second-order valence-electron chi connectivity index (χ2n) is 12.1. The Morgan fingerprint density at radius 1 is 0.808 bits per heavy atom. The fraction of sp³-hybridized carbons (Fsp3) is 1.00. The summed E-state index contributed by atoms with van der Waals surface area (Å²) in [6, 6.07) is 1.07. The number of nitrogens with two attached hydrogens (primary N) is 2. The zero-order chi connectivity index (χ0) is 17.7. The fourth-order valence-corrected chi connectivity index (χ4v) is 10.3. The molecule has 2 spiro atoms. The monoisotopic (exact) mass is 356 g/mol. The lowest BCUT2D eigenvalue weighted by Gasteiger charge is -2.44. The topological polar surface area (TPSA) is 52.0 Å². The standard InChI is InChI=1S/C24H40N2/c1-14-4-6-24(12-14)20-11-18(22(24)26)9-17(20)8-15-5-7-23(13-15)19-3-2-16(10-19)21(23)25/h14-22H,2-13,25-26H2,1H3/t14-,15-,16+,17?,18+,19-,20+,21+,22+,23?,24?/m1/s1. The van der Waals surface area contributed by atoms with Gasteiger partial charge in [-0.05, 0) is 123 Å². The molecule has 146 valence electrons. The van der Waals surface area contributed by atoms with Gasteiger partial charge in [-0.1, -0.05) is 13.3 Å². The third-order valence-electron chi connectivity index (χ3n) is 11.3. The van der Waals surface area contributed by atoms with Crippen molar-refractivity contribution in [2.45, 2.75) is 96.1 Å². The first-order valence-corrected chi connectivity index (χ1v) is 12.0. The minimum Gasteiger partial charge on any atom is -0.327 e. The van der Waals surface area contributed by atoms with E-state index in [1.165, 1.54) is 77.0 Å². The molecule has 6 saturated carbocycles. The molecule has 6 fully saturated rings. The van der Waals surface area contributed by atoms with Crippen molar-refractivity contribution in [3.63, 3.8) is 0 Å². The highest BCUT2D eigenvalue weighted by atomic mass is 14.8. The van der Waals surface area contributed by atoms with Gasteiger partial charge < -0.3 is 11.5 Å². The summed E-state index contributed by atoms with van der Waals surface area (Å²) in [5.41, 5.74) is 14.8. The summed E-state index contributed by atoms with van der Waals surface area (Å²) in [5, 5.41) is 0. The molecule has 0 saturated heterocycles. The summed E-state index contributed by atoms with van der Waals surface area (Å²) in [6.07, 6.45) is 17.6. The van der Waals surface area contributed by atoms with Crippen molar-refractivity contribution >= 4 is 0 Å². The van der Waals surface area contributed by atoms with Crippen LogP contribution >= 0.6 is 0 Å². The second kappa shape index (κ2) is 5.50. The fourth-order valence-electron chi connectivity index (χ4n) is 10.3. The Hall–Kier alpha value is -0.0800. The van der Waals surface area contributed by atoms with E-state index in [4.69, 9.17) is 11.5 Å². The van der Waals surface area contributed by atoms with E-state index in [0.717, 1.165) is 41.4 Å². The van der Waals surface area contributed by atoms with Gasteiger partial charge in [0, 0.05) is 12.1 Å². The summed E-state index contributed by atoms with van der Waals surface area (Å²) < 4.78 is 0. The van der Waals surface area contributed by atoms with Crippen LogP contribution in [0.1, 0.15) is 84.0 Å². The van der Waals surface area contributed by atoms with Crippen molar-refractivity contribution in [2.75, 3.05) is 0 Å². The van der Waals surface area contributed by atoms with E-state index in [1.807, 2.05) is 0 Å². The Kier molecular flexibility index (Phi) is 3.56. The van der Waals surface area contributed by atoms with Gasteiger partial charge in [0.25, 0.3) is 0 Å². The maximum Gasteiger partial charge on any atom is 0.0127 e. The van der Waals surface area contributed by atoms with Gasteiger partial charge in [0.2, 0.25) is 0 Å². The zero-order valence-corrected chi connectivity index (χ0v) is 16.8. The van der Waals surface area contributed by atoms with E-state index in [2.05, 4.69) is 6.92 Å². The predicted octanol–water partition coefficient (Wildman–Crippen LogP) is 4.71. The summed E-state index contributed by atoms with van der Waals surface area (Å²) in [6.45, 7) is 2.47. The van der Waals surface area contributed by atoms with Gasteiger partial charge in [-0.25, -0.2) is 0 Å². The van der Waals surface area contributed by atoms with Gasteiger partial charge in [-0.2, -0.15) is 0 Å². The smallest absolute Gasteiger partial charge is 0.0127 e. The molecule has 6 aliphatic carbocycles. The highest BCUT2D eigenvalue weighted by Crippen LogP contribution is 2.68. The van der Waals surface area contributed by atoms with Crippen molar-refractivity contribution in [1.29, 1.82) is 0 Å². The summed E-state index contributed by atoms with van der Waals surface area (Å²) in [7, 11) is 0. The van der Waals surface area contributed by atoms with Gasteiger partial charge in [-0.3, -0.25) is 0 Å². The lowest BCUT2D eigenvalue weighted by Crippen LogP contribution is -2.47. The molecule has 4 bridgehead atoms. The van der Waals surface area contributed by atoms with Crippen LogP contribution in [0.15, 0.2) is 0 Å². The summed E-state index contributed by atoms with van der Waals surface area (Å²) in [4.78, 5) is 0. The van der Waals surface area contributed by atoms with Crippen LogP contribution in [0.3, 0.4) is 0 Å². The van der Waals surface area contributed by atoms with Crippen LogP contribution in [0.4, 0.5) is 0 Å². The zero-order valence-electron chi connectivity index (χ0n) is 16.8. The first-order valence-electron chi connectivity index (χ1n) is 12.0. The maximum atomic E-state index is 6.83. The Morgan fingerprint density at radius 2 is 1.62 bits per heavy atom. The van der Waals surface area contributed by atoms with Gasteiger partial charge in [0.15, 0.2) is 0 Å². The first kappa shape index (κ1) is 16.8. The third kappa shape index (κ3) is 2.02. The van der Waals surface area contributed by atoms with Crippen molar-refractivity contribution in [1.82, 2.24) is 0 Å². The highest BCUT2D eigenvalue weighted by Gasteiger charge is 2.63. The molecule has 3 unspecified atom stereocenters. The molecular formula is C24H40N2. The average Bonchev–Trinajstić information content (AvgIpc) is 3.42. The molecule has 2 nitrogen and oxygen atoms in total. The van der Waals surface area contributed by atoms with Gasteiger partial charge in [-0.15, -0.1) is 0 Å². The van der Waals surface area contributed by atoms with Crippen molar-refractivity contribution in [3.05, 3.63) is 0 Å². The van der Waals surface area contributed by atoms with Crippen LogP contribution in [-0.4, -0.2) is 12.1 Å². The van der Waals surface area contributed by atoms with Crippen molar-refractivity contribution < 1.29 is 0 Å². The quantitative estimate of drug-likeness (QED) is 0.753. The normalized spacial score (nSPS) is 63.1. The molecule has 0 aromatic rings. The number of rotatable bonds is 2. The Bertz CT molecular complexity index is 585. The highest BCUT2D eigenvalue weighted by molar-refractivity contribution is 5.15. The van der Waals surface area contributed by atoms with E-state index >= 15 is 0 Å². The molecule has 0 amide bonds. The minimum absolute atomic E-state index is 0.530. The van der Waals surface area contributed by atoms with Crippen molar-refractivity contribution in [3.8, 4) is 0 Å². The Labute approximate surface area is 160 Å². The Morgan fingerprint density at radius 3 is 2.31 bits per heavy atom. The van der Waals surface area contributed by atoms with E-state index < -0.39 is 0 Å². The number of fused-ring (bicyclic) bond motifs is 6. The second-order valence-corrected chi connectivity index (χ2v) is 12.1. The molecular weight excluding hydrogens is 316 g/mol. The molecule has 6 rings (SSSR count). The largest absolute Gasteiger partial charge is 0.327 e. The van der Waals surface area contributed by atoms with Crippen LogP contribution in [-0.2, 0) is 0 Å². The molecule has 11 atom stereocenters. The molecule has 0 radical (unpaired) electrons. The summed E-state index contributed by atoms with van der Waals surface area (Å²) >= 11 is 0. The van der Waals surface area contributed by atoms with Crippen LogP contribution < -0.4 is 11.5 Å². The van der Waals surface area contributed by atoms with E-state index in [9.17, 15) is 0 Å². The molecule has 2 heteroatoms. The van der Waals surface area contributed by atoms with E-state index in [1.54, 1.807) is 0 Å². The molecule has 0 aliphatic heterocycles. The number of hydrogen-bond acceptors (Lipinski definition) is 2. The van der Waals surface area contributed by atoms with Crippen LogP contribution in [0.25, 0.3) is 0 Å². The van der Waals surface area contributed by atoms with Gasteiger partial charge >= 0.3 is 0 Å². The maximum absolute atomic E-state index is 6.83. The SMILES string of the molecule is C[C@@H]1CCC2(C1)[C@H]1C[C@H](CC1C[C@H]1CCC3(C1)[C@@H]1CC[C@@H](C1)[C@@H]3N)[C@@H]2N. The molecule has 4 N–H and O–H groups in total. The minimum atomic E-state index is 0.530. The van der Waals surface area contributed by atoms with Gasteiger partial charge in [0.05, 0.1) is 0 Å². The Balaban J connectivity index is 1.17. The molecule has 0 aromatic carbocycles. The first-order chi connectivity index (χ1) is 12.5. The van der Waals surface area contributed by atoms with E-state index in [-0.39, 0.29) is 0 Å². The van der Waals surface area contributed by atoms with E-state index in [0.29, 0.717) is 22.9 Å². The average molecular weight is 357 g/mol. The third-order valence-corrected chi connectivity index (χ3v) is 11.3. The number of hydrogen-bond donors (Lipinski definition) is 2. The molecule has 26 heavy (non-hydrogen) atoms. The molecule has 0 heterocycles. The summed E-state index contributed by atoms with van der Waals surface area (Å²) in [5.74, 6) is 6.60. The predicted molar refractivity (Wildman–Crippen MR) is 106 cm³/mol. The lowest BCUT2D eigenvalue weighted by molar-refractivity contribution is 0.0697. The van der Waals surface area contributed by atoms with Crippen molar-refractivity contribution in [2.24, 2.45) is 63.7 Å².